The summed E-state index contributed by atoms with van der Waals surface area (Å²) in [6.45, 7) is 5.78. The van der Waals surface area contributed by atoms with Crippen molar-refractivity contribution in [3.8, 4) is 0 Å². The van der Waals surface area contributed by atoms with Gasteiger partial charge in [0.25, 0.3) is 0 Å². The molecule has 15 heavy (non-hydrogen) atoms. The number of carbonyl (C=O) groups excluding carboxylic acids is 1. The fraction of sp³-hybridized carbons (Fsp3) is 0.636. The van der Waals surface area contributed by atoms with Crippen molar-refractivity contribution < 1.29 is 19.4 Å². The Morgan fingerprint density at radius 1 is 1.67 bits per heavy atom. The lowest BCUT2D eigenvalue weighted by molar-refractivity contribution is -0.161. The van der Waals surface area contributed by atoms with E-state index in [1.54, 1.807) is 0 Å². The normalized spacial score (nSPS) is 28.2. The van der Waals surface area contributed by atoms with Gasteiger partial charge in [-0.3, -0.25) is 9.59 Å². The van der Waals surface area contributed by atoms with E-state index in [1.165, 1.54) is 6.08 Å². The molecule has 4 heteroatoms. The highest BCUT2D eigenvalue weighted by Crippen LogP contribution is 2.54. The molecule has 1 saturated carbocycles. The van der Waals surface area contributed by atoms with Gasteiger partial charge < -0.3 is 9.84 Å². The van der Waals surface area contributed by atoms with E-state index in [0.29, 0.717) is 13.0 Å². The smallest absolute Gasteiger partial charge is 0.324 e. The van der Waals surface area contributed by atoms with Crippen molar-refractivity contribution in [2.75, 3.05) is 6.61 Å². The minimum absolute atomic E-state index is 0.274. The maximum absolute atomic E-state index is 11.6. The van der Waals surface area contributed by atoms with Gasteiger partial charge in [-0.1, -0.05) is 19.4 Å². The van der Waals surface area contributed by atoms with Crippen LogP contribution in [0.4, 0.5) is 0 Å². The Morgan fingerprint density at radius 2 is 2.33 bits per heavy atom. The number of hydrogen-bond acceptors (Lipinski definition) is 3. The van der Waals surface area contributed by atoms with Gasteiger partial charge in [-0.05, 0) is 12.8 Å². The van der Waals surface area contributed by atoms with Crippen molar-refractivity contribution >= 4 is 11.9 Å². The lowest BCUT2D eigenvalue weighted by Gasteiger charge is -2.10. The lowest BCUT2D eigenvalue weighted by atomic mass is 10.0. The van der Waals surface area contributed by atoms with E-state index >= 15 is 0 Å². The maximum Gasteiger partial charge on any atom is 0.324 e. The SMILES string of the molecule is C=CC1CC1(C(=O)O)C(=O)OCCCC. The number of hydrogen-bond donors (Lipinski definition) is 1. The predicted molar refractivity (Wildman–Crippen MR) is 54.2 cm³/mol. The number of carbonyl (C=O) groups is 2. The molecule has 1 aliphatic carbocycles. The first-order valence-electron chi connectivity index (χ1n) is 5.12. The second kappa shape index (κ2) is 4.47. The molecule has 0 heterocycles. The molecule has 1 aliphatic rings. The molecule has 4 nitrogen and oxygen atoms in total. The molecule has 1 rings (SSSR count). The average molecular weight is 212 g/mol. The van der Waals surface area contributed by atoms with Crippen LogP contribution in [-0.4, -0.2) is 23.7 Å². The summed E-state index contributed by atoms with van der Waals surface area (Å²) in [5.41, 5.74) is -1.34. The zero-order valence-electron chi connectivity index (χ0n) is 8.86. The Balaban J connectivity index is 2.56. The number of esters is 1. The fourth-order valence-corrected chi connectivity index (χ4v) is 1.58. The van der Waals surface area contributed by atoms with Gasteiger partial charge in [-0.2, -0.15) is 0 Å². The van der Waals surface area contributed by atoms with Crippen molar-refractivity contribution in [1.29, 1.82) is 0 Å². The summed E-state index contributed by atoms with van der Waals surface area (Å²) in [6.07, 6.45) is 3.50. The molecule has 1 N–H and O–H groups in total. The van der Waals surface area contributed by atoms with E-state index in [1.807, 2.05) is 6.92 Å². The quantitative estimate of drug-likeness (QED) is 0.314. The zero-order chi connectivity index (χ0) is 11.5. The highest BCUT2D eigenvalue weighted by Gasteiger charge is 2.66. The molecular formula is C11H16O4. The monoisotopic (exact) mass is 212 g/mol. The van der Waals surface area contributed by atoms with Gasteiger partial charge in [0.1, 0.15) is 0 Å². The van der Waals surface area contributed by atoms with Gasteiger partial charge in [0.2, 0.25) is 0 Å². The number of carboxylic acid groups (broad SMARTS) is 1. The van der Waals surface area contributed by atoms with Gasteiger partial charge >= 0.3 is 11.9 Å². The van der Waals surface area contributed by atoms with Crippen LogP contribution in [0.2, 0.25) is 0 Å². The van der Waals surface area contributed by atoms with Crippen LogP contribution in [0, 0.1) is 11.3 Å². The minimum atomic E-state index is -1.34. The third kappa shape index (κ3) is 2.03. The molecule has 0 saturated heterocycles. The third-order valence-corrected chi connectivity index (χ3v) is 2.78. The number of ether oxygens (including phenoxy) is 1. The number of allylic oxidation sites excluding steroid dienone is 1. The maximum atomic E-state index is 11.6. The predicted octanol–water partition coefficient (Wildman–Crippen LogP) is 1.61. The summed E-state index contributed by atoms with van der Waals surface area (Å²) in [5, 5.41) is 8.98. The number of unbranched alkanes of at least 4 members (excludes halogenated alkanes) is 1. The lowest BCUT2D eigenvalue weighted by Crippen LogP contribution is -2.29. The largest absolute Gasteiger partial charge is 0.480 e. The minimum Gasteiger partial charge on any atom is -0.480 e. The topological polar surface area (TPSA) is 63.6 Å². The van der Waals surface area contributed by atoms with Crippen molar-refractivity contribution in [1.82, 2.24) is 0 Å². The van der Waals surface area contributed by atoms with E-state index in [2.05, 4.69) is 6.58 Å². The van der Waals surface area contributed by atoms with Crippen LogP contribution in [0.5, 0.6) is 0 Å². The van der Waals surface area contributed by atoms with Crippen LogP contribution in [0.1, 0.15) is 26.2 Å². The van der Waals surface area contributed by atoms with Crippen molar-refractivity contribution in [3.63, 3.8) is 0 Å². The Bertz CT molecular complexity index is 284. The zero-order valence-corrected chi connectivity index (χ0v) is 8.86. The van der Waals surface area contributed by atoms with Crippen molar-refractivity contribution in [2.24, 2.45) is 11.3 Å². The van der Waals surface area contributed by atoms with Crippen LogP contribution >= 0.6 is 0 Å². The summed E-state index contributed by atoms with van der Waals surface area (Å²) in [7, 11) is 0. The Morgan fingerprint density at radius 3 is 2.73 bits per heavy atom. The molecule has 0 aromatic rings. The second-order valence-electron chi connectivity index (χ2n) is 3.81. The van der Waals surface area contributed by atoms with Gasteiger partial charge in [0.05, 0.1) is 6.61 Å². The molecule has 1 fully saturated rings. The van der Waals surface area contributed by atoms with Crippen LogP contribution in [-0.2, 0) is 14.3 Å². The third-order valence-electron chi connectivity index (χ3n) is 2.78. The number of aliphatic carboxylic acids is 1. The van der Waals surface area contributed by atoms with E-state index in [9.17, 15) is 9.59 Å². The summed E-state index contributed by atoms with van der Waals surface area (Å²) in [4.78, 5) is 22.5. The van der Waals surface area contributed by atoms with Crippen LogP contribution in [0.15, 0.2) is 12.7 Å². The Hall–Kier alpha value is -1.32. The average Bonchev–Trinajstić information content (AvgIpc) is 2.93. The van der Waals surface area contributed by atoms with Gasteiger partial charge in [-0.15, -0.1) is 6.58 Å². The van der Waals surface area contributed by atoms with Crippen LogP contribution < -0.4 is 0 Å². The molecule has 0 bridgehead atoms. The highest BCUT2D eigenvalue weighted by atomic mass is 16.5. The van der Waals surface area contributed by atoms with Crippen molar-refractivity contribution in [3.05, 3.63) is 12.7 Å². The van der Waals surface area contributed by atoms with E-state index in [0.717, 1.165) is 12.8 Å². The van der Waals surface area contributed by atoms with E-state index < -0.39 is 17.4 Å². The van der Waals surface area contributed by atoms with E-state index in [-0.39, 0.29) is 5.92 Å². The highest BCUT2D eigenvalue weighted by molar-refractivity contribution is 6.03. The van der Waals surface area contributed by atoms with E-state index in [4.69, 9.17) is 9.84 Å². The first-order chi connectivity index (χ1) is 7.09. The van der Waals surface area contributed by atoms with Gasteiger partial charge in [0, 0.05) is 5.92 Å². The Labute approximate surface area is 88.9 Å². The molecule has 2 atom stereocenters. The molecular weight excluding hydrogens is 196 g/mol. The molecule has 84 valence electrons. The van der Waals surface area contributed by atoms with Gasteiger partial charge in [0.15, 0.2) is 5.41 Å². The molecule has 0 aromatic carbocycles. The molecule has 2 unspecified atom stereocenters. The summed E-state index contributed by atoms with van der Waals surface area (Å²) >= 11 is 0. The summed E-state index contributed by atoms with van der Waals surface area (Å²) in [5.74, 6) is -1.99. The first kappa shape index (κ1) is 11.8. The van der Waals surface area contributed by atoms with Crippen molar-refractivity contribution in [2.45, 2.75) is 26.2 Å². The summed E-state index contributed by atoms with van der Waals surface area (Å²) in [6, 6.07) is 0. The van der Waals surface area contributed by atoms with Crippen LogP contribution in [0.25, 0.3) is 0 Å². The molecule has 0 radical (unpaired) electrons. The number of carboxylic acids is 1. The second-order valence-corrected chi connectivity index (χ2v) is 3.81. The standard InChI is InChI=1S/C11H16O4/c1-3-5-6-15-10(14)11(9(12)13)7-8(11)4-2/h4,8H,2-3,5-7H2,1H3,(H,12,13). The van der Waals surface area contributed by atoms with Gasteiger partial charge in [-0.25, -0.2) is 0 Å². The fourth-order valence-electron chi connectivity index (χ4n) is 1.58. The molecule has 0 aliphatic heterocycles. The molecule has 0 amide bonds. The molecule has 0 spiro atoms. The summed E-state index contributed by atoms with van der Waals surface area (Å²) < 4.78 is 4.94. The Kier molecular flexibility index (Phi) is 3.50. The molecule has 0 aromatic heterocycles. The van der Waals surface area contributed by atoms with Crippen LogP contribution in [0.3, 0.4) is 0 Å². The first-order valence-corrected chi connectivity index (χ1v) is 5.12. The number of rotatable bonds is 6.